The van der Waals surface area contributed by atoms with Crippen LogP contribution in [0.3, 0.4) is 0 Å². The molecular weight excluding hydrogens is 665 g/mol. The van der Waals surface area contributed by atoms with Gasteiger partial charge in [-0.1, -0.05) is 134 Å². The number of hydrogen-bond acceptors (Lipinski definition) is 7. The largest absolute Gasteiger partial charge is 0.472 e. The van der Waals surface area contributed by atoms with Crippen LogP contribution in [0.25, 0.3) is 0 Å². The lowest BCUT2D eigenvalue weighted by molar-refractivity contribution is -0.147. The molecule has 9 nitrogen and oxygen atoms in total. The number of unbranched alkanes of at least 4 members (excludes halogenated alkanes) is 19. The third kappa shape index (κ3) is 39.3. The Labute approximate surface area is 312 Å². The topological polar surface area (TPSA) is 131 Å². The Morgan fingerprint density at radius 1 is 0.608 bits per heavy atom. The first kappa shape index (κ1) is 49.2. The number of phosphoric ester groups is 1. The number of aliphatic hydroxyl groups is 1. The summed E-state index contributed by atoms with van der Waals surface area (Å²) in [5.74, 6) is -0.539. The summed E-state index contributed by atoms with van der Waals surface area (Å²) in [6, 6.07) is 0. The fourth-order valence-electron chi connectivity index (χ4n) is 5.40. The van der Waals surface area contributed by atoms with E-state index in [0.29, 0.717) is 6.42 Å². The van der Waals surface area contributed by atoms with Crippen molar-refractivity contribution in [3.63, 3.8) is 0 Å². The number of phosphoric acid groups is 1. The zero-order chi connectivity index (χ0) is 37.5. The van der Waals surface area contributed by atoms with Crippen molar-refractivity contribution in [3.05, 3.63) is 36.5 Å². The van der Waals surface area contributed by atoms with E-state index in [0.717, 1.165) is 83.5 Å². The normalized spacial score (nSPS) is 13.7. The van der Waals surface area contributed by atoms with Crippen LogP contribution in [0.15, 0.2) is 36.5 Å². The molecule has 0 saturated carbocycles. The van der Waals surface area contributed by atoms with Crippen molar-refractivity contribution < 1.29 is 37.9 Å². The molecule has 0 spiro atoms. The summed E-state index contributed by atoms with van der Waals surface area (Å²) in [4.78, 5) is 33.8. The van der Waals surface area contributed by atoms with Crippen LogP contribution in [-0.2, 0) is 27.9 Å². The van der Waals surface area contributed by atoms with Crippen LogP contribution in [0.5, 0.6) is 0 Å². The molecule has 0 aromatic carbocycles. The van der Waals surface area contributed by atoms with Gasteiger partial charge >= 0.3 is 13.8 Å². The molecule has 0 rings (SSSR count). The summed E-state index contributed by atoms with van der Waals surface area (Å²) < 4.78 is 26.8. The number of hydrogen-bond donors (Lipinski definition) is 3. The smallest absolute Gasteiger partial charge is 0.463 e. The molecule has 0 heterocycles. The van der Waals surface area contributed by atoms with Gasteiger partial charge in [0.2, 0.25) is 5.91 Å². The first-order valence-electron chi connectivity index (χ1n) is 20.5. The maximum atomic E-state index is 12.1. The van der Waals surface area contributed by atoms with E-state index in [2.05, 4.69) is 55.6 Å². The molecule has 0 saturated heterocycles. The van der Waals surface area contributed by atoms with Crippen LogP contribution >= 0.6 is 7.82 Å². The third-order valence-corrected chi connectivity index (χ3v) is 9.53. The molecule has 0 fully saturated rings. The van der Waals surface area contributed by atoms with Crippen LogP contribution in [0.1, 0.15) is 181 Å². The molecule has 0 radical (unpaired) electrons. The maximum absolute atomic E-state index is 12.1. The summed E-state index contributed by atoms with van der Waals surface area (Å²) in [7, 11) is -4.42. The van der Waals surface area contributed by atoms with Crippen LogP contribution in [0, 0.1) is 0 Å². The molecule has 1 amide bonds. The van der Waals surface area contributed by atoms with E-state index in [9.17, 15) is 24.2 Å². The Morgan fingerprint density at radius 2 is 1.06 bits per heavy atom. The zero-order valence-corrected chi connectivity index (χ0v) is 33.4. The number of allylic oxidation sites excluding steroid dienone is 6. The molecule has 0 aliphatic carbocycles. The molecule has 3 N–H and O–H groups in total. The monoisotopic (exact) mass is 742 g/mol. The van der Waals surface area contributed by atoms with E-state index in [4.69, 9.17) is 13.8 Å². The van der Waals surface area contributed by atoms with Crippen molar-refractivity contribution in [3.8, 4) is 0 Å². The molecule has 0 aromatic heterocycles. The molecular formula is C41H76NO8P. The number of aliphatic hydroxyl groups excluding tert-OH is 1. The fourth-order valence-corrected chi connectivity index (χ4v) is 6.16. The van der Waals surface area contributed by atoms with Crippen molar-refractivity contribution in [1.29, 1.82) is 0 Å². The van der Waals surface area contributed by atoms with E-state index in [1.54, 1.807) is 0 Å². The summed E-state index contributed by atoms with van der Waals surface area (Å²) >= 11 is 0. The van der Waals surface area contributed by atoms with E-state index in [1.807, 2.05) is 0 Å². The highest BCUT2D eigenvalue weighted by atomic mass is 31.2. The molecule has 298 valence electrons. The van der Waals surface area contributed by atoms with Crippen molar-refractivity contribution in [2.75, 3.05) is 26.4 Å². The lowest BCUT2D eigenvalue weighted by Crippen LogP contribution is -2.27. The maximum Gasteiger partial charge on any atom is 0.472 e. The van der Waals surface area contributed by atoms with Crippen molar-refractivity contribution in [2.45, 2.75) is 187 Å². The lowest BCUT2D eigenvalue weighted by Gasteiger charge is -2.15. The van der Waals surface area contributed by atoms with Crippen LogP contribution in [0.4, 0.5) is 0 Å². The molecule has 0 bridgehead atoms. The first-order valence-corrected chi connectivity index (χ1v) is 22.0. The molecule has 2 atom stereocenters. The molecule has 0 aliphatic rings. The number of ether oxygens (including phenoxy) is 1. The molecule has 51 heavy (non-hydrogen) atoms. The van der Waals surface area contributed by atoms with E-state index < -0.39 is 26.5 Å². The minimum Gasteiger partial charge on any atom is -0.463 e. The standard InChI is InChI=1S/C41H76NO8P/c1-3-5-7-9-11-13-15-17-19-21-23-25-27-29-31-33-40(44)42-35-36-49-51(46,47)50-38-39(43)37-48-41(45)34-32-30-28-26-24-22-20-18-16-14-12-10-8-6-4-2/h11,13,17-20,39,43H,3-10,12,14-16,21-38H2,1-2H3,(H,42,44)(H,46,47)/b13-11-,19-17-,20-18-. The van der Waals surface area contributed by atoms with Crippen LogP contribution < -0.4 is 5.32 Å². The van der Waals surface area contributed by atoms with Gasteiger partial charge in [-0.05, 0) is 70.6 Å². The molecule has 2 unspecified atom stereocenters. The Kier molecular flexibility index (Phi) is 36.7. The average Bonchev–Trinajstić information content (AvgIpc) is 3.11. The third-order valence-electron chi connectivity index (χ3n) is 8.54. The van der Waals surface area contributed by atoms with Gasteiger partial charge in [0.25, 0.3) is 0 Å². The Bertz CT molecular complexity index is 939. The Balaban J connectivity index is 3.64. The number of rotatable bonds is 38. The fraction of sp³-hybridized carbons (Fsp3) is 0.805. The first-order chi connectivity index (χ1) is 24.8. The quantitative estimate of drug-likeness (QED) is 0.0247. The summed E-state index contributed by atoms with van der Waals surface area (Å²) in [5, 5.41) is 12.7. The van der Waals surface area contributed by atoms with Gasteiger partial charge in [-0.25, -0.2) is 4.57 Å². The molecule has 0 aliphatic heterocycles. The predicted octanol–water partition coefficient (Wildman–Crippen LogP) is 11.0. The lowest BCUT2D eigenvalue weighted by atomic mass is 10.1. The van der Waals surface area contributed by atoms with Crippen LogP contribution in [-0.4, -0.2) is 54.3 Å². The average molecular weight is 742 g/mol. The van der Waals surface area contributed by atoms with E-state index >= 15 is 0 Å². The molecule has 0 aromatic rings. The summed E-state index contributed by atoms with van der Waals surface area (Å²) in [6.07, 6.45) is 40.7. The van der Waals surface area contributed by atoms with Crippen molar-refractivity contribution in [1.82, 2.24) is 5.32 Å². The molecule has 10 heteroatoms. The van der Waals surface area contributed by atoms with Gasteiger partial charge in [0.15, 0.2) is 0 Å². The number of nitrogens with one attached hydrogen (secondary N) is 1. The highest BCUT2D eigenvalue weighted by Gasteiger charge is 2.23. The number of esters is 1. The number of carbonyl (C=O) groups excluding carboxylic acids is 2. The number of carbonyl (C=O) groups is 2. The predicted molar refractivity (Wildman–Crippen MR) is 211 cm³/mol. The summed E-state index contributed by atoms with van der Waals surface area (Å²) in [6.45, 7) is 3.49. The van der Waals surface area contributed by atoms with Gasteiger partial charge in [-0.2, -0.15) is 0 Å². The van der Waals surface area contributed by atoms with Crippen molar-refractivity contribution in [2.24, 2.45) is 0 Å². The van der Waals surface area contributed by atoms with Gasteiger partial charge in [-0.15, -0.1) is 0 Å². The number of amides is 1. The second kappa shape index (κ2) is 38.0. The van der Waals surface area contributed by atoms with E-state index in [-0.39, 0.29) is 32.1 Å². The van der Waals surface area contributed by atoms with Gasteiger partial charge in [0.05, 0.1) is 13.2 Å². The second-order valence-corrected chi connectivity index (χ2v) is 15.1. The van der Waals surface area contributed by atoms with Gasteiger partial charge in [0.1, 0.15) is 12.7 Å². The minimum atomic E-state index is -4.42. The Morgan fingerprint density at radius 3 is 1.63 bits per heavy atom. The van der Waals surface area contributed by atoms with Crippen molar-refractivity contribution >= 4 is 19.7 Å². The van der Waals surface area contributed by atoms with Crippen LogP contribution in [0.2, 0.25) is 0 Å². The van der Waals surface area contributed by atoms with Gasteiger partial charge < -0.3 is 20.1 Å². The second-order valence-electron chi connectivity index (χ2n) is 13.6. The van der Waals surface area contributed by atoms with E-state index in [1.165, 1.54) is 70.6 Å². The summed E-state index contributed by atoms with van der Waals surface area (Å²) in [5.41, 5.74) is 0. The Hall–Kier alpha value is -1.77. The van der Waals surface area contributed by atoms with Gasteiger partial charge in [-0.3, -0.25) is 18.6 Å². The SMILES string of the molecule is CCCCC/C=C\C/C=C\CCCCCCCC(=O)NCCOP(=O)(O)OCC(O)COC(=O)CCCCCCC/C=C\CCCCCCCC. The van der Waals surface area contributed by atoms with Gasteiger partial charge in [0, 0.05) is 19.4 Å². The highest BCUT2D eigenvalue weighted by molar-refractivity contribution is 7.47. The minimum absolute atomic E-state index is 0.0729. The zero-order valence-electron chi connectivity index (χ0n) is 32.5. The highest BCUT2D eigenvalue weighted by Crippen LogP contribution is 2.42.